The maximum absolute atomic E-state index is 5.63. The van der Waals surface area contributed by atoms with Crippen LogP contribution in [-0.2, 0) is 0 Å². The van der Waals surface area contributed by atoms with Gasteiger partial charge in [0.15, 0.2) is 0 Å². The summed E-state index contributed by atoms with van der Waals surface area (Å²) in [6.45, 7) is 0. The van der Waals surface area contributed by atoms with E-state index in [0.717, 1.165) is 38.1 Å². The summed E-state index contributed by atoms with van der Waals surface area (Å²) in [6, 6.07) is 61.8. The van der Waals surface area contributed by atoms with Crippen molar-refractivity contribution in [3.63, 3.8) is 0 Å². The summed E-state index contributed by atoms with van der Waals surface area (Å²) < 4.78 is 8.67. The van der Waals surface area contributed by atoms with Crippen molar-refractivity contribution in [2.45, 2.75) is 0 Å². The molecule has 6 heteroatoms. The van der Waals surface area contributed by atoms with Gasteiger partial charge in [0, 0.05) is 62.8 Å². The highest BCUT2D eigenvalue weighted by molar-refractivity contribution is 7.26. The number of para-hydroxylation sites is 1. The van der Waals surface area contributed by atoms with Gasteiger partial charge in [-0.3, -0.25) is 4.57 Å². The topological polar surface area (TPSA) is 35.1 Å². The van der Waals surface area contributed by atoms with Crippen LogP contribution in [0.3, 0.4) is 0 Å². The normalized spacial score (nSPS) is 12.5. The van der Waals surface area contributed by atoms with E-state index in [1.807, 2.05) is 11.3 Å². The van der Waals surface area contributed by atoms with Gasteiger partial charge in [-0.2, -0.15) is 0 Å². The second-order valence-electron chi connectivity index (χ2n) is 15.3. The van der Waals surface area contributed by atoms with Gasteiger partial charge in [0.05, 0.1) is 33.3 Å². The second-order valence-corrected chi connectivity index (χ2v) is 17.4. The fourth-order valence-electron chi connectivity index (χ4n) is 9.83. The van der Waals surface area contributed by atoms with Crippen LogP contribution in [0.1, 0.15) is 0 Å². The Balaban J connectivity index is 1.06. The molecule has 0 aliphatic rings. The lowest BCUT2D eigenvalue weighted by atomic mass is 9.97. The Hall–Kier alpha value is -7.12. The molecule has 0 radical (unpaired) electrons. The van der Waals surface area contributed by atoms with Gasteiger partial charge in [-0.25, -0.2) is 9.97 Å². The number of fused-ring (bicyclic) bond motifs is 7. The quantitative estimate of drug-likeness (QED) is 0.179. The Morgan fingerprint density at radius 3 is 1.91 bits per heavy atom. The van der Waals surface area contributed by atoms with Crippen LogP contribution in [0.15, 0.2) is 170 Å². The third-order valence-electron chi connectivity index (χ3n) is 12.3. The third kappa shape index (κ3) is 4.02. The molecule has 0 unspecified atom stereocenters. The van der Waals surface area contributed by atoms with E-state index in [2.05, 4.69) is 179 Å². The Labute approximate surface area is 338 Å². The zero-order chi connectivity index (χ0) is 37.6. The Bertz CT molecular complexity index is 3960. The van der Waals surface area contributed by atoms with Crippen molar-refractivity contribution in [2.24, 2.45) is 0 Å². The van der Waals surface area contributed by atoms with Crippen LogP contribution in [0.2, 0.25) is 0 Å². The first kappa shape index (κ1) is 31.0. The molecule has 0 N–H and O–H groups in total. The minimum Gasteiger partial charge on any atom is -0.308 e. The van der Waals surface area contributed by atoms with Crippen molar-refractivity contribution in [2.75, 3.05) is 0 Å². The Morgan fingerprint density at radius 2 is 1.02 bits per heavy atom. The fraction of sp³-hybridized carbons (Fsp3) is 0. The van der Waals surface area contributed by atoms with Gasteiger partial charge in [0.1, 0.15) is 4.83 Å². The van der Waals surface area contributed by atoms with Crippen LogP contribution in [0.4, 0.5) is 0 Å². The number of hydrogen-bond acceptors (Lipinski definition) is 4. The molecular weight excluding hydrogens is 745 g/mol. The smallest absolute Gasteiger partial charge is 0.236 e. The summed E-state index contributed by atoms with van der Waals surface area (Å²) >= 11 is 3.63. The molecule has 58 heavy (non-hydrogen) atoms. The number of benzene rings is 8. The van der Waals surface area contributed by atoms with Gasteiger partial charge in [-0.1, -0.05) is 121 Å². The molecule has 6 heterocycles. The molecule has 0 spiro atoms. The zero-order valence-electron chi connectivity index (χ0n) is 30.8. The van der Waals surface area contributed by atoms with Gasteiger partial charge in [0.2, 0.25) is 5.95 Å². The lowest BCUT2D eigenvalue weighted by Crippen LogP contribution is -2.03. The molecule has 0 saturated carbocycles. The molecule has 0 bridgehead atoms. The van der Waals surface area contributed by atoms with E-state index in [-0.39, 0.29) is 0 Å². The van der Waals surface area contributed by atoms with Gasteiger partial charge in [-0.05, 0) is 70.8 Å². The minimum absolute atomic E-state index is 0.686. The summed E-state index contributed by atoms with van der Waals surface area (Å²) in [4.78, 5) is 12.1. The van der Waals surface area contributed by atoms with E-state index < -0.39 is 0 Å². The molecule has 0 aliphatic carbocycles. The Morgan fingerprint density at radius 1 is 0.362 bits per heavy atom. The van der Waals surface area contributed by atoms with E-state index in [0.29, 0.717) is 5.95 Å². The van der Waals surface area contributed by atoms with Crippen LogP contribution >= 0.6 is 22.7 Å². The highest BCUT2D eigenvalue weighted by Crippen LogP contribution is 2.50. The molecule has 0 fully saturated rings. The Kier molecular flexibility index (Phi) is 6.02. The zero-order valence-corrected chi connectivity index (χ0v) is 32.4. The molecule has 0 atom stereocenters. The van der Waals surface area contributed by atoms with Crippen molar-refractivity contribution in [1.29, 1.82) is 0 Å². The highest BCUT2D eigenvalue weighted by atomic mass is 32.1. The molecule has 14 rings (SSSR count). The molecular formula is C52H28N4S2. The standard InChI is InChI=1S/C52H28N4S2/c1-2-10-29(11-3-1)30-20-22-31(23-21-30)32-12-8-13-33(28-32)49-44-36-15-5-7-19-41(36)58-51(44)54-52(53-49)56-39-18-9-17-38-45(39)46-40(56)25-27-42-47(46)48-43(57-42)26-24-35-34-14-4-6-16-37(34)55(38)50(35)48/h1-28H. The average molecular weight is 773 g/mol. The lowest BCUT2D eigenvalue weighted by molar-refractivity contribution is 1.02. The van der Waals surface area contributed by atoms with E-state index >= 15 is 0 Å². The van der Waals surface area contributed by atoms with Crippen LogP contribution in [0, 0.1) is 0 Å². The fourth-order valence-corrected chi connectivity index (χ4v) is 12.0. The first-order valence-corrected chi connectivity index (χ1v) is 21.2. The molecule has 6 aromatic heterocycles. The van der Waals surface area contributed by atoms with Crippen molar-refractivity contribution in [3.05, 3.63) is 170 Å². The average Bonchev–Trinajstić information content (AvgIpc) is 4.01. The van der Waals surface area contributed by atoms with E-state index in [1.165, 1.54) is 85.0 Å². The first-order valence-electron chi connectivity index (χ1n) is 19.6. The predicted octanol–water partition coefficient (Wildman–Crippen LogP) is 14.7. The molecule has 4 nitrogen and oxygen atoms in total. The molecule has 0 amide bonds. The van der Waals surface area contributed by atoms with Crippen LogP contribution < -0.4 is 0 Å². The van der Waals surface area contributed by atoms with E-state index in [4.69, 9.17) is 9.97 Å². The van der Waals surface area contributed by atoms with Gasteiger partial charge < -0.3 is 4.40 Å². The van der Waals surface area contributed by atoms with Crippen molar-refractivity contribution in [1.82, 2.24) is 18.9 Å². The number of nitrogens with zero attached hydrogens (tertiary/aromatic N) is 4. The predicted molar refractivity (Wildman–Crippen MR) is 247 cm³/mol. The molecule has 8 aromatic carbocycles. The highest BCUT2D eigenvalue weighted by Gasteiger charge is 2.27. The second kappa shape index (κ2) is 11.3. The molecule has 0 saturated heterocycles. The SMILES string of the molecule is c1ccc(-c2ccc(-c3cccc(-c4nc(-n5c6ccc7sc8ccc9c%10ccccc%10n%10c%11cccc5c%11c6c7c8c9%10)nc5sc6ccccc6c45)c3)cc2)cc1. The summed E-state index contributed by atoms with van der Waals surface area (Å²) in [5.41, 5.74) is 12.7. The third-order valence-corrected chi connectivity index (χ3v) is 14.5. The summed E-state index contributed by atoms with van der Waals surface area (Å²) in [5, 5.41) is 10.0. The van der Waals surface area contributed by atoms with Crippen molar-refractivity contribution >= 4 is 112 Å². The minimum atomic E-state index is 0.686. The molecule has 0 aliphatic heterocycles. The molecule has 14 aromatic rings. The van der Waals surface area contributed by atoms with Gasteiger partial charge in [-0.15, -0.1) is 22.7 Å². The monoisotopic (exact) mass is 772 g/mol. The van der Waals surface area contributed by atoms with Gasteiger partial charge >= 0.3 is 0 Å². The largest absolute Gasteiger partial charge is 0.308 e. The number of aromatic nitrogens is 4. The van der Waals surface area contributed by atoms with Crippen LogP contribution in [0.5, 0.6) is 0 Å². The lowest BCUT2D eigenvalue weighted by Gasteiger charge is -2.12. The first-order chi connectivity index (χ1) is 28.8. The maximum atomic E-state index is 5.63. The summed E-state index contributed by atoms with van der Waals surface area (Å²) in [6.07, 6.45) is 0. The molecule has 268 valence electrons. The van der Waals surface area contributed by atoms with Gasteiger partial charge in [0.25, 0.3) is 0 Å². The number of thiophene rings is 2. The van der Waals surface area contributed by atoms with Crippen LogP contribution in [0.25, 0.3) is 129 Å². The summed E-state index contributed by atoms with van der Waals surface area (Å²) in [7, 11) is 0. The van der Waals surface area contributed by atoms with E-state index in [9.17, 15) is 0 Å². The van der Waals surface area contributed by atoms with E-state index in [1.54, 1.807) is 11.3 Å². The van der Waals surface area contributed by atoms with Crippen LogP contribution in [-0.4, -0.2) is 18.9 Å². The number of rotatable bonds is 4. The maximum Gasteiger partial charge on any atom is 0.236 e. The van der Waals surface area contributed by atoms with Crippen molar-refractivity contribution in [3.8, 4) is 39.5 Å². The summed E-state index contributed by atoms with van der Waals surface area (Å²) in [5.74, 6) is 0.686. The number of hydrogen-bond donors (Lipinski definition) is 0. The van der Waals surface area contributed by atoms with Crippen molar-refractivity contribution < 1.29 is 0 Å².